The second-order valence-electron chi connectivity index (χ2n) is 6.43. The molecule has 0 radical (unpaired) electrons. The van der Waals surface area contributed by atoms with Gasteiger partial charge in [0.2, 0.25) is 0 Å². The first kappa shape index (κ1) is 12.9. The fraction of sp³-hybridized carbons (Fsp3) is 1.00. The van der Waals surface area contributed by atoms with Gasteiger partial charge in [-0.3, -0.25) is 4.90 Å². The van der Waals surface area contributed by atoms with E-state index in [1.54, 1.807) is 0 Å². The number of nitrogens with zero attached hydrogens (tertiary/aromatic N) is 1. The zero-order valence-corrected chi connectivity index (χ0v) is 11.7. The Hall–Kier alpha value is -0.120. The SMILES string of the molecule is COCC(CNC1CC1)N1CCC2CCCCC21. The number of ether oxygens (including phenoxy) is 1. The molecule has 3 atom stereocenters. The van der Waals surface area contributed by atoms with E-state index in [1.807, 2.05) is 7.11 Å². The quantitative estimate of drug-likeness (QED) is 0.783. The van der Waals surface area contributed by atoms with Crippen molar-refractivity contribution in [3.8, 4) is 0 Å². The number of methoxy groups -OCH3 is 1. The highest BCUT2D eigenvalue weighted by Gasteiger charge is 2.39. The molecule has 3 aliphatic rings. The summed E-state index contributed by atoms with van der Waals surface area (Å²) in [6.45, 7) is 3.32. The molecule has 3 nitrogen and oxygen atoms in total. The molecule has 0 aromatic carbocycles. The van der Waals surface area contributed by atoms with E-state index >= 15 is 0 Å². The molecule has 104 valence electrons. The summed E-state index contributed by atoms with van der Waals surface area (Å²) in [5.41, 5.74) is 0. The van der Waals surface area contributed by atoms with E-state index in [-0.39, 0.29) is 0 Å². The van der Waals surface area contributed by atoms with Crippen molar-refractivity contribution in [1.29, 1.82) is 0 Å². The lowest BCUT2D eigenvalue weighted by atomic mass is 9.85. The van der Waals surface area contributed by atoms with Crippen molar-refractivity contribution < 1.29 is 4.74 Å². The van der Waals surface area contributed by atoms with Crippen molar-refractivity contribution >= 4 is 0 Å². The average molecular weight is 252 g/mol. The highest BCUT2D eigenvalue weighted by Crippen LogP contribution is 2.37. The molecule has 0 aromatic heterocycles. The minimum atomic E-state index is 0.601. The molecule has 1 heterocycles. The van der Waals surface area contributed by atoms with Crippen LogP contribution in [0.1, 0.15) is 44.9 Å². The summed E-state index contributed by atoms with van der Waals surface area (Å²) in [7, 11) is 1.85. The number of rotatable bonds is 6. The molecular formula is C15H28N2O. The van der Waals surface area contributed by atoms with Gasteiger partial charge in [0.05, 0.1) is 6.61 Å². The lowest BCUT2D eigenvalue weighted by Crippen LogP contribution is -2.49. The van der Waals surface area contributed by atoms with E-state index in [0.717, 1.165) is 31.2 Å². The van der Waals surface area contributed by atoms with Crippen molar-refractivity contribution in [3.63, 3.8) is 0 Å². The third kappa shape index (κ3) is 2.89. The van der Waals surface area contributed by atoms with Crippen molar-refractivity contribution in [2.45, 2.75) is 63.1 Å². The Kier molecular flexibility index (Phi) is 4.22. The van der Waals surface area contributed by atoms with Gasteiger partial charge in [0.1, 0.15) is 0 Å². The van der Waals surface area contributed by atoms with Crippen LogP contribution in [0.2, 0.25) is 0 Å². The topological polar surface area (TPSA) is 24.5 Å². The monoisotopic (exact) mass is 252 g/mol. The van der Waals surface area contributed by atoms with Crippen LogP contribution in [-0.2, 0) is 4.74 Å². The Morgan fingerprint density at radius 1 is 1.17 bits per heavy atom. The van der Waals surface area contributed by atoms with Gasteiger partial charge in [0.25, 0.3) is 0 Å². The van der Waals surface area contributed by atoms with Gasteiger partial charge in [0, 0.05) is 31.8 Å². The van der Waals surface area contributed by atoms with E-state index in [2.05, 4.69) is 10.2 Å². The van der Waals surface area contributed by atoms with Gasteiger partial charge in [-0.2, -0.15) is 0 Å². The Morgan fingerprint density at radius 2 is 2.00 bits per heavy atom. The third-order valence-corrected chi connectivity index (χ3v) is 5.10. The van der Waals surface area contributed by atoms with E-state index < -0.39 is 0 Å². The fourth-order valence-corrected chi connectivity index (χ4v) is 3.95. The molecule has 3 rings (SSSR count). The molecule has 18 heavy (non-hydrogen) atoms. The van der Waals surface area contributed by atoms with E-state index in [0.29, 0.717) is 6.04 Å². The zero-order valence-electron chi connectivity index (χ0n) is 11.7. The molecule has 0 bridgehead atoms. The normalized spacial score (nSPS) is 34.5. The molecular weight excluding hydrogens is 224 g/mol. The smallest absolute Gasteiger partial charge is 0.0630 e. The largest absolute Gasteiger partial charge is 0.383 e. The molecule has 3 fully saturated rings. The summed E-state index contributed by atoms with van der Waals surface area (Å²) in [5, 5.41) is 3.69. The van der Waals surface area contributed by atoms with E-state index in [9.17, 15) is 0 Å². The maximum absolute atomic E-state index is 5.47. The van der Waals surface area contributed by atoms with Gasteiger partial charge in [0.15, 0.2) is 0 Å². The molecule has 2 saturated carbocycles. The standard InChI is InChI=1S/C15H28N2O/c1-18-11-14(10-16-13-6-7-13)17-9-8-12-4-2-3-5-15(12)17/h12-16H,2-11H2,1H3. The summed E-state index contributed by atoms with van der Waals surface area (Å²) in [4.78, 5) is 2.77. The van der Waals surface area contributed by atoms with Crippen LogP contribution in [0.4, 0.5) is 0 Å². The van der Waals surface area contributed by atoms with Crippen LogP contribution in [0.3, 0.4) is 0 Å². The lowest BCUT2D eigenvalue weighted by molar-refractivity contribution is 0.0641. The molecule has 1 N–H and O–H groups in total. The van der Waals surface area contributed by atoms with Crippen LogP contribution in [0.25, 0.3) is 0 Å². The van der Waals surface area contributed by atoms with Crippen molar-refractivity contribution in [3.05, 3.63) is 0 Å². The van der Waals surface area contributed by atoms with Gasteiger partial charge in [-0.1, -0.05) is 12.8 Å². The molecule has 0 spiro atoms. The Morgan fingerprint density at radius 3 is 2.78 bits per heavy atom. The highest BCUT2D eigenvalue weighted by molar-refractivity contribution is 4.94. The van der Waals surface area contributed by atoms with Crippen LogP contribution in [0.15, 0.2) is 0 Å². The molecule has 0 aromatic rings. The van der Waals surface area contributed by atoms with Crippen LogP contribution in [-0.4, -0.2) is 49.8 Å². The van der Waals surface area contributed by atoms with Gasteiger partial charge in [-0.25, -0.2) is 0 Å². The first-order valence-electron chi connectivity index (χ1n) is 7.86. The molecule has 1 aliphatic heterocycles. The van der Waals surface area contributed by atoms with Crippen LogP contribution < -0.4 is 5.32 Å². The van der Waals surface area contributed by atoms with Crippen LogP contribution in [0.5, 0.6) is 0 Å². The summed E-state index contributed by atoms with van der Waals surface area (Å²) < 4.78 is 5.47. The van der Waals surface area contributed by atoms with Crippen molar-refractivity contribution in [1.82, 2.24) is 10.2 Å². The van der Waals surface area contributed by atoms with Crippen LogP contribution in [0, 0.1) is 5.92 Å². The number of hydrogen-bond donors (Lipinski definition) is 1. The molecule has 3 heteroatoms. The summed E-state index contributed by atoms with van der Waals surface area (Å²) in [5.74, 6) is 0.985. The summed E-state index contributed by atoms with van der Waals surface area (Å²) in [6, 6.07) is 2.28. The number of hydrogen-bond acceptors (Lipinski definition) is 3. The molecule has 0 amide bonds. The number of fused-ring (bicyclic) bond motifs is 1. The second kappa shape index (κ2) is 5.89. The second-order valence-corrected chi connectivity index (χ2v) is 6.43. The van der Waals surface area contributed by atoms with Gasteiger partial charge >= 0.3 is 0 Å². The minimum absolute atomic E-state index is 0.601. The van der Waals surface area contributed by atoms with E-state index in [4.69, 9.17) is 4.74 Å². The fourth-order valence-electron chi connectivity index (χ4n) is 3.95. The zero-order chi connectivity index (χ0) is 12.4. The predicted molar refractivity (Wildman–Crippen MR) is 73.8 cm³/mol. The van der Waals surface area contributed by atoms with Gasteiger partial charge in [-0.05, 0) is 44.6 Å². The van der Waals surface area contributed by atoms with Crippen molar-refractivity contribution in [2.24, 2.45) is 5.92 Å². The minimum Gasteiger partial charge on any atom is -0.383 e. The van der Waals surface area contributed by atoms with Crippen molar-refractivity contribution in [2.75, 3.05) is 26.8 Å². The van der Waals surface area contributed by atoms with Gasteiger partial charge < -0.3 is 10.1 Å². The van der Waals surface area contributed by atoms with Gasteiger partial charge in [-0.15, -0.1) is 0 Å². The first-order chi connectivity index (χ1) is 8.88. The third-order valence-electron chi connectivity index (χ3n) is 5.10. The average Bonchev–Trinajstić information content (AvgIpc) is 3.13. The molecule has 2 aliphatic carbocycles. The lowest BCUT2D eigenvalue weighted by Gasteiger charge is -2.37. The molecule has 1 saturated heterocycles. The highest BCUT2D eigenvalue weighted by atomic mass is 16.5. The number of likely N-dealkylation sites (tertiary alicyclic amines) is 1. The Bertz CT molecular complexity index is 267. The maximum atomic E-state index is 5.47. The van der Waals surface area contributed by atoms with E-state index in [1.165, 1.54) is 51.5 Å². The summed E-state index contributed by atoms with van der Waals surface area (Å²) >= 11 is 0. The maximum Gasteiger partial charge on any atom is 0.0630 e. The number of nitrogens with one attached hydrogen (secondary N) is 1. The molecule has 3 unspecified atom stereocenters. The van der Waals surface area contributed by atoms with Crippen LogP contribution >= 0.6 is 0 Å². The first-order valence-corrected chi connectivity index (χ1v) is 7.86. The Balaban J connectivity index is 1.57. The Labute approximate surface area is 111 Å². The predicted octanol–water partition coefficient (Wildman–Crippen LogP) is 2.02. The summed E-state index contributed by atoms with van der Waals surface area (Å²) in [6.07, 6.45) is 9.98.